The Morgan fingerprint density at radius 1 is 1.32 bits per heavy atom. The van der Waals surface area contributed by atoms with Crippen LogP contribution in [0.4, 0.5) is 4.39 Å². The van der Waals surface area contributed by atoms with E-state index >= 15 is 0 Å². The second-order valence-electron chi connectivity index (χ2n) is 7.12. The van der Waals surface area contributed by atoms with Crippen LogP contribution in [0.3, 0.4) is 0 Å². The van der Waals surface area contributed by atoms with E-state index in [2.05, 4.69) is 32.2 Å². The van der Waals surface area contributed by atoms with Crippen molar-refractivity contribution >= 4 is 5.91 Å². The van der Waals surface area contributed by atoms with Crippen molar-refractivity contribution in [3.8, 4) is 22.8 Å². The Kier molecular flexibility index (Phi) is 4.91. The third kappa shape index (κ3) is 3.65. The average molecular weight is 383 g/mol. The number of carbonyl (C=O) groups excluding carboxylic acids is 1. The Labute approximate surface area is 161 Å². The van der Waals surface area contributed by atoms with Gasteiger partial charge in [0.2, 0.25) is 5.91 Å². The van der Waals surface area contributed by atoms with Crippen LogP contribution >= 0.6 is 0 Å². The number of aromatic amines is 1. The quantitative estimate of drug-likeness (QED) is 0.698. The number of aromatic nitrogens is 5. The Balaban J connectivity index is 1.71. The van der Waals surface area contributed by atoms with E-state index in [4.69, 9.17) is 5.73 Å². The molecular formula is C19H22FN7O. The van der Waals surface area contributed by atoms with E-state index in [-0.39, 0.29) is 18.3 Å². The van der Waals surface area contributed by atoms with Crippen molar-refractivity contribution in [3.05, 3.63) is 42.0 Å². The highest BCUT2D eigenvalue weighted by Gasteiger charge is 2.25. The molecule has 3 heterocycles. The van der Waals surface area contributed by atoms with E-state index in [0.717, 1.165) is 25.9 Å². The number of primary amides is 1. The number of hydrogen-bond acceptors (Lipinski definition) is 5. The number of benzene rings is 1. The Hall–Kier alpha value is -3.07. The largest absolute Gasteiger partial charge is 0.369 e. The maximum Gasteiger partial charge on any atom is 0.225 e. The van der Waals surface area contributed by atoms with Crippen LogP contribution in [0.15, 0.2) is 30.3 Å². The molecule has 1 aromatic carbocycles. The Morgan fingerprint density at radius 2 is 2.07 bits per heavy atom. The number of likely N-dealkylation sites (tertiary alicyclic amines) is 1. The highest BCUT2D eigenvalue weighted by Crippen LogP contribution is 2.29. The normalized spacial score (nSPS) is 15.8. The fourth-order valence-electron chi connectivity index (χ4n) is 3.52. The molecule has 0 unspecified atom stereocenters. The minimum atomic E-state index is -0.483. The fourth-order valence-corrected chi connectivity index (χ4v) is 3.52. The summed E-state index contributed by atoms with van der Waals surface area (Å²) in [6, 6.07) is 8.39. The number of nitrogens with one attached hydrogen (secondary N) is 1. The third-order valence-corrected chi connectivity index (χ3v) is 5.01. The van der Waals surface area contributed by atoms with E-state index in [1.54, 1.807) is 24.3 Å². The van der Waals surface area contributed by atoms with Gasteiger partial charge in [0.25, 0.3) is 0 Å². The van der Waals surface area contributed by atoms with E-state index in [0.29, 0.717) is 28.6 Å². The van der Waals surface area contributed by atoms with Crippen LogP contribution < -0.4 is 5.73 Å². The molecule has 0 radical (unpaired) electrons. The first-order valence-electron chi connectivity index (χ1n) is 9.24. The molecule has 2 aromatic heterocycles. The molecular weight excluding hydrogens is 361 g/mol. The van der Waals surface area contributed by atoms with Gasteiger partial charge in [-0.05, 0) is 51.2 Å². The van der Waals surface area contributed by atoms with E-state index in [1.807, 2.05) is 4.68 Å². The maximum absolute atomic E-state index is 14.1. The highest BCUT2D eigenvalue weighted by molar-refractivity contribution is 5.75. The SMILES string of the molecule is CN1CCC(n2nc(CC(N)=O)nc2-c2cc(-c3ccccc3F)n[nH]2)CC1. The van der Waals surface area contributed by atoms with Crippen molar-refractivity contribution in [2.45, 2.75) is 25.3 Å². The summed E-state index contributed by atoms with van der Waals surface area (Å²) in [6.45, 7) is 1.91. The van der Waals surface area contributed by atoms with Gasteiger partial charge in [0.05, 0.1) is 18.2 Å². The van der Waals surface area contributed by atoms with Gasteiger partial charge in [-0.2, -0.15) is 10.2 Å². The van der Waals surface area contributed by atoms with Gasteiger partial charge < -0.3 is 10.6 Å². The Bertz CT molecular complexity index is 988. The summed E-state index contributed by atoms with van der Waals surface area (Å²) in [5.41, 5.74) is 6.84. The number of hydrogen-bond donors (Lipinski definition) is 2. The van der Waals surface area contributed by atoms with Gasteiger partial charge in [-0.25, -0.2) is 14.1 Å². The first-order chi connectivity index (χ1) is 13.5. The molecule has 1 saturated heterocycles. The summed E-state index contributed by atoms with van der Waals surface area (Å²) >= 11 is 0. The molecule has 3 aromatic rings. The number of nitrogens with zero attached hydrogens (tertiary/aromatic N) is 5. The number of rotatable bonds is 5. The van der Waals surface area contributed by atoms with Gasteiger partial charge >= 0.3 is 0 Å². The van der Waals surface area contributed by atoms with Crippen LogP contribution in [0, 0.1) is 5.82 Å². The zero-order valence-corrected chi connectivity index (χ0v) is 15.6. The van der Waals surface area contributed by atoms with Crippen LogP contribution in [0.1, 0.15) is 24.7 Å². The lowest BCUT2D eigenvalue weighted by atomic mass is 10.1. The van der Waals surface area contributed by atoms with Gasteiger partial charge in [0.15, 0.2) is 11.6 Å². The first kappa shape index (κ1) is 18.3. The lowest BCUT2D eigenvalue weighted by Gasteiger charge is -2.29. The van der Waals surface area contributed by atoms with Crippen molar-refractivity contribution in [1.82, 2.24) is 29.9 Å². The fraction of sp³-hybridized carbons (Fsp3) is 0.368. The van der Waals surface area contributed by atoms with Gasteiger partial charge in [0, 0.05) is 5.56 Å². The average Bonchev–Trinajstić information content (AvgIpc) is 3.29. The van der Waals surface area contributed by atoms with Gasteiger partial charge in [0.1, 0.15) is 11.5 Å². The lowest BCUT2D eigenvalue weighted by molar-refractivity contribution is -0.117. The number of H-pyrrole nitrogens is 1. The van der Waals surface area contributed by atoms with Crippen LogP contribution in [0.2, 0.25) is 0 Å². The molecule has 0 bridgehead atoms. The number of piperidine rings is 1. The van der Waals surface area contributed by atoms with Gasteiger partial charge in [-0.15, -0.1) is 0 Å². The zero-order chi connectivity index (χ0) is 19.7. The van der Waals surface area contributed by atoms with Crippen molar-refractivity contribution in [2.75, 3.05) is 20.1 Å². The molecule has 1 aliphatic heterocycles. The number of amides is 1. The molecule has 9 heteroatoms. The smallest absolute Gasteiger partial charge is 0.225 e. The molecule has 146 valence electrons. The molecule has 4 rings (SSSR count). The minimum Gasteiger partial charge on any atom is -0.369 e. The molecule has 0 aliphatic carbocycles. The molecule has 1 aliphatic rings. The van der Waals surface area contributed by atoms with Gasteiger partial charge in [-0.3, -0.25) is 9.89 Å². The first-order valence-corrected chi connectivity index (χ1v) is 9.24. The van der Waals surface area contributed by atoms with Crippen molar-refractivity contribution in [3.63, 3.8) is 0 Å². The summed E-state index contributed by atoms with van der Waals surface area (Å²) in [6.07, 6.45) is 1.83. The van der Waals surface area contributed by atoms with Crippen molar-refractivity contribution in [1.29, 1.82) is 0 Å². The predicted octanol–water partition coefficient (Wildman–Crippen LogP) is 1.77. The molecule has 1 fully saturated rings. The predicted molar refractivity (Wildman–Crippen MR) is 102 cm³/mol. The summed E-state index contributed by atoms with van der Waals surface area (Å²) in [4.78, 5) is 18.1. The zero-order valence-electron chi connectivity index (χ0n) is 15.6. The Morgan fingerprint density at radius 3 is 2.79 bits per heavy atom. The summed E-state index contributed by atoms with van der Waals surface area (Å²) in [5, 5.41) is 11.7. The van der Waals surface area contributed by atoms with Crippen LogP contribution in [0.5, 0.6) is 0 Å². The third-order valence-electron chi connectivity index (χ3n) is 5.01. The second kappa shape index (κ2) is 7.51. The molecule has 0 spiro atoms. The number of nitrogens with two attached hydrogens (primary N) is 1. The van der Waals surface area contributed by atoms with E-state index in [9.17, 15) is 9.18 Å². The molecule has 1 amide bonds. The monoisotopic (exact) mass is 383 g/mol. The van der Waals surface area contributed by atoms with Crippen LogP contribution in [0.25, 0.3) is 22.8 Å². The number of halogens is 1. The summed E-state index contributed by atoms with van der Waals surface area (Å²) in [5.74, 6) is 0.139. The van der Waals surface area contributed by atoms with Crippen molar-refractivity contribution < 1.29 is 9.18 Å². The lowest BCUT2D eigenvalue weighted by Crippen LogP contribution is -2.32. The van der Waals surface area contributed by atoms with Crippen LogP contribution in [-0.4, -0.2) is 55.9 Å². The van der Waals surface area contributed by atoms with Crippen LogP contribution in [-0.2, 0) is 11.2 Å². The van der Waals surface area contributed by atoms with E-state index < -0.39 is 5.91 Å². The second-order valence-corrected chi connectivity index (χ2v) is 7.12. The summed E-state index contributed by atoms with van der Waals surface area (Å²) < 4.78 is 15.9. The molecule has 0 saturated carbocycles. The number of carbonyl (C=O) groups is 1. The molecule has 0 atom stereocenters. The highest BCUT2D eigenvalue weighted by atomic mass is 19.1. The standard InChI is InChI=1S/C19H22FN7O/c1-26-8-6-12(7-9-26)27-19(22-18(25-27)11-17(21)28)16-10-15(23-24-16)13-4-2-3-5-14(13)20/h2-5,10,12H,6-9,11H2,1H3,(H2,21,28)(H,23,24). The molecule has 8 nitrogen and oxygen atoms in total. The van der Waals surface area contributed by atoms with Gasteiger partial charge in [-0.1, -0.05) is 12.1 Å². The van der Waals surface area contributed by atoms with Crippen molar-refractivity contribution in [2.24, 2.45) is 5.73 Å². The van der Waals surface area contributed by atoms with E-state index in [1.165, 1.54) is 6.07 Å². The maximum atomic E-state index is 14.1. The summed E-state index contributed by atoms with van der Waals surface area (Å²) in [7, 11) is 2.09. The molecule has 28 heavy (non-hydrogen) atoms. The molecule has 3 N–H and O–H groups in total. The topological polar surface area (TPSA) is 106 Å². The minimum absolute atomic E-state index is 0.0269.